The van der Waals surface area contributed by atoms with Gasteiger partial charge >= 0.3 is 0 Å². The molecule has 1 aromatic heterocycles. The average molecular weight is 297 g/mol. The summed E-state index contributed by atoms with van der Waals surface area (Å²) < 4.78 is 5.64. The molecule has 0 aliphatic carbocycles. The molecular weight excluding hydrogens is 283 g/mol. The van der Waals surface area contributed by atoms with E-state index in [0.29, 0.717) is 21.7 Å². The number of pyridine rings is 1. The lowest BCUT2D eigenvalue weighted by atomic mass is 10.3. The van der Waals surface area contributed by atoms with Crippen molar-refractivity contribution in [2.75, 3.05) is 11.9 Å². The van der Waals surface area contributed by atoms with Crippen LogP contribution in [0.5, 0.6) is 11.6 Å². The zero-order valence-corrected chi connectivity index (χ0v) is 12.0. The van der Waals surface area contributed by atoms with Gasteiger partial charge in [0.1, 0.15) is 11.6 Å². The molecule has 3 nitrogen and oxygen atoms in total. The monoisotopic (exact) mass is 296 g/mol. The molecule has 0 saturated carbocycles. The minimum absolute atomic E-state index is 0.477. The molecule has 100 valence electrons. The Kier molecular flexibility index (Phi) is 4.88. The summed E-state index contributed by atoms with van der Waals surface area (Å²) in [6.07, 6.45) is 1.03. The number of nitrogens with zero attached hydrogens (tertiary/aromatic N) is 1. The minimum atomic E-state index is 0.477. The van der Waals surface area contributed by atoms with Crippen LogP contribution in [0.1, 0.15) is 13.3 Å². The van der Waals surface area contributed by atoms with Gasteiger partial charge in [-0.25, -0.2) is 0 Å². The summed E-state index contributed by atoms with van der Waals surface area (Å²) in [5.74, 6) is 1.75. The van der Waals surface area contributed by atoms with Gasteiger partial charge in [0.2, 0.25) is 5.88 Å². The molecule has 0 fully saturated rings. The number of hydrogen-bond donors (Lipinski definition) is 1. The van der Waals surface area contributed by atoms with Crippen molar-refractivity contribution in [1.29, 1.82) is 0 Å². The smallest absolute Gasteiger partial charge is 0.221 e. The maximum Gasteiger partial charge on any atom is 0.221 e. The number of ether oxygens (including phenoxy) is 1. The van der Waals surface area contributed by atoms with E-state index in [2.05, 4.69) is 17.2 Å². The first-order chi connectivity index (χ1) is 9.19. The molecule has 1 heterocycles. The Bertz CT molecular complexity index is 561. The van der Waals surface area contributed by atoms with E-state index in [-0.39, 0.29) is 0 Å². The Morgan fingerprint density at radius 2 is 2.05 bits per heavy atom. The Balaban J connectivity index is 2.16. The fourth-order valence-electron chi connectivity index (χ4n) is 1.49. The normalized spacial score (nSPS) is 10.3. The molecule has 2 aromatic rings. The zero-order chi connectivity index (χ0) is 13.7. The number of halogens is 2. The second-order valence-corrected chi connectivity index (χ2v) is 4.81. The molecule has 1 aromatic carbocycles. The number of benzene rings is 1. The second kappa shape index (κ2) is 6.64. The SMILES string of the molecule is CCCNc1cccc(Oc2cc(Cl)ccc2Cl)n1. The molecule has 0 spiro atoms. The van der Waals surface area contributed by atoms with E-state index < -0.39 is 0 Å². The molecule has 5 heteroatoms. The van der Waals surface area contributed by atoms with E-state index >= 15 is 0 Å². The lowest BCUT2D eigenvalue weighted by molar-refractivity contribution is 0.464. The summed E-state index contributed by atoms with van der Waals surface area (Å²) in [6.45, 7) is 2.97. The molecule has 0 unspecified atom stereocenters. The third kappa shape index (κ3) is 4.01. The Morgan fingerprint density at radius 1 is 1.21 bits per heavy atom. The molecule has 0 amide bonds. The van der Waals surface area contributed by atoms with E-state index in [1.54, 1.807) is 24.3 Å². The third-order valence-electron chi connectivity index (χ3n) is 2.39. The summed E-state index contributed by atoms with van der Waals surface area (Å²) in [4.78, 5) is 4.34. The summed E-state index contributed by atoms with van der Waals surface area (Å²) in [5.41, 5.74) is 0. The van der Waals surface area contributed by atoms with Gasteiger partial charge in [0.25, 0.3) is 0 Å². The van der Waals surface area contributed by atoms with Gasteiger partial charge in [-0.2, -0.15) is 4.98 Å². The first kappa shape index (κ1) is 14.0. The molecule has 0 atom stereocenters. The number of aromatic nitrogens is 1. The van der Waals surface area contributed by atoms with Crippen LogP contribution >= 0.6 is 23.2 Å². The van der Waals surface area contributed by atoms with E-state index in [0.717, 1.165) is 18.8 Å². The van der Waals surface area contributed by atoms with Crippen LogP contribution in [0.2, 0.25) is 10.0 Å². The number of rotatable bonds is 5. The molecule has 2 rings (SSSR count). The van der Waals surface area contributed by atoms with Crippen molar-refractivity contribution in [3.8, 4) is 11.6 Å². The Labute approximate surface area is 122 Å². The maximum atomic E-state index is 6.04. The Hall–Kier alpha value is -1.45. The van der Waals surface area contributed by atoms with Crippen LogP contribution in [-0.4, -0.2) is 11.5 Å². The molecule has 0 aliphatic heterocycles. The lowest BCUT2D eigenvalue weighted by Gasteiger charge is -2.09. The van der Waals surface area contributed by atoms with Gasteiger partial charge in [0, 0.05) is 23.7 Å². The quantitative estimate of drug-likeness (QED) is 0.843. The van der Waals surface area contributed by atoms with Gasteiger partial charge in [0.05, 0.1) is 5.02 Å². The Morgan fingerprint density at radius 3 is 2.84 bits per heavy atom. The zero-order valence-electron chi connectivity index (χ0n) is 10.5. The highest BCUT2D eigenvalue weighted by molar-refractivity contribution is 6.34. The van der Waals surface area contributed by atoms with Gasteiger partial charge < -0.3 is 10.1 Å². The van der Waals surface area contributed by atoms with Gasteiger partial charge in [-0.1, -0.05) is 36.2 Å². The summed E-state index contributed by atoms with van der Waals surface area (Å²) in [6, 6.07) is 10.6. The van der Waals surface area contributed by atoms with Crippen molar-refractivity contribution >= 4 is 29.0 Å². The van der Waals surface area contributed by atoms with Gasteiger partial charge in [0.15, 0.2) is 0 Å². The summed E-state index contributed by atoms with van der Waals surface area (Å²) in [7, 11) is 0. The molecule has 0 saturated heterocycles. The number of anilines is 1. The highest BCUT2D eigenvalue weighted by Crippen LogP contribution is 2.31. The third-order valence-corrected chi connectivity index (χ3v) is 2.93. The molecule has 1 N–H and O–H groups in total. The van der Waals surface area contributed by atoms with Gasteiger partial charge in [-0.3, -0.25) is 0 Å². The van der Waals surface area contributed by atoms with Crippen LogP contribution in [0.4, 0.5) is 5.82 Å². The van der Waals surface area contributed by atoms with E-state index in [9.17, 15) is 0 Å². The molecule has 0 aliphatic rings. The lowest BCUT2D eigenvalue weighted by Crippen LogP contribution is -2.02. The van der Waals surface area contributed by atoms with Crippen LogP contribution in [0.25, 0.3) is 0 Å². The number of hydrogen-bond acceptors (Lipinski definition) is 3. The molecule has 0 bridgehead atoms. The fraction of sp³-hybridized carbons (Fsp3) is 0.214. The molecule has 0 radical (unpaired) electrons. The van der Waals surface area contributed by atoms with Crippen molar-refractivity contribution in [3.63, 3.8) is 0 Å². The molecular formula is C14H14Cl2N2O. The van der Waals surface area contributed by atoms with Crippen LogP contribution < -0.4 is 10.1 Å². The predicted molar refractivity (Wildman–Crippen MR) is 79.6 cm³/mol. The first-order valence-electron chi connectivity index (χ1n) is 6.03. The van der Waals surface area contributed by atoms with Crippen molar-refractivity contribution in [3.05, 3.63) is 46.4 Å². The minimum Gasteiger partial charge on any atom is -0.437 e. The van der Waals surface area contributed by atoms with E-state index in [1.807, 2.05) is 12.1 Å². The van der Waals surface area contributed by atoms with Crippen LogP contribution in [-0.2, 0) is 0 Å². The van der Waals surface area contributed by atoms with E-state index in [4.69, 9.17) is 27.9 Å². The first-order valence-corrected chi connectivity index (χ1v) is 6.78. The predicted octanol–water partition coefficient (Wildman–Crippen LogP) is 5.00. The van der Waals surface area contributed by atoms with E-state index in [1.165, 1.54) is 0 Å². The van der Waals surface area contributed by atoms with Crippen molar-refractivity contribution in [1.82, 2.24) is 4.98 Å². The van der Waals surface area contributed by atoms with Gasteiger partial charge in [-0.05, 0) is 24.6 Å². The van der Waals surface area contributed by atoms with Crippen LogP contribution in [0.3, 0.4) is 0 Å². The molecule has 19 heavy (non-hydrogen) atoms. The fourth-order valence-corrected chi connectivity index (χ4v) is 1.81. The van der Waals surface area contributed by atoms with Crippen molar-refractivity contribution in [2.45, 2.75) is 13.3 Å². The highest BCUT2D eigenvalue weighted by atomic mass is 35.5. The second-order valence-electron chi connectivity index (χ2n) is 3.96. The van der Waals surface area contributed by atoms with Crippen molar-refractivity contribution < 1.29 is 4.74 Å². The van der Waals surface area contributed by atoms with Crippen LogP contribution in [0.15, 0.2) is 36.4 Å². The summed E-state index contributed by atoms with van der Waals surface area (Å²) in [5, 5.41) is 4.26. The highest BCUT2D eigenvalue weighted by Gasteiger charge is 2.05. The largest absolute Gasteiger partial charge is 0.437 e. The average Bonchev–Trinajstić information content (AvgIpc) is 2.41. The van der Waals surface area contributed by atoms with Crippen molar-refractivity contribution in [2.24, 2.45) is 0 Å². The van der Waals surface area contributed by atoms with Gasteiger partial charge in [-0.15, -0.1) is 0 Å². The standard InChI is InChI=1S/C14H14Cl2N2O/c1-2-8-17-13-4-3-5-14(18-13)19-12-9-10(15)6-7-11(12)16/h3-7,9H,2,8H2,1H3,(H,17,18). The van der Waals surface area contributed by atoms with Crippen LogP contribution in [0, 0.1) is 0 Å². The summed E-state index contributed by atoms with van der Waals surface area (Å²) >= 11 is 12.0. The maximum absolute atomic E-state index is 6.04. The topological polar surface area (TPSA) is 34.1 Å². The number of nitrogens with one attached hydrogen (secondary N) is 1.